The van der Waals surface area contributed by atoms with Gasteiger partial charge in [-0.3, -0.25) is 4.98 Å². The second kappa shape index (κ2) is 4.12. The van der Waals surface area contributed by atoms with Gasteiger partial charge in [-0.25, -0.2) is 0 Å². The first kappa shape index (κ1) is 8.25. The van der Waals surface area contributed by atoms with Crippen molar-refractivity contribution in [3.8, 4) is 0 Å². The average molecular weight is 149 g/mol. The molecule has 0 atom stereocenters. The summed E-state index contributed by atoms with van der Waals surface area (Å²) in [6.07, 6.45) is 6.16. The predicted octanol–water partition coefficient (Wildman–Crippen LogP) is 2.67. The van der Waals surface area contributed by atoms with E-state index in [-0.39, 0.29) is 0 Å². The Balaban J connectivity index is 2.39. The van der Waals surface area contributed by atoms with Crippen LogP contribution in [0.1, 0.15) is 25.8 Å². The molecule has 1 aromatic heterocycles. The van der Waals surface area contributed by atoms with E-state index in [0.29, 0.717) is 0 Å². The largest absolute Gasteiger partial charge is 0.265 e. The summed E-state index contributed by atoms with van der Waals surface area (Å²) in [5.74, 6) is 0.795. The molecule has 0 aromatic carbocycles. The van der Waals surface area contributed by atoms with Crippen LogP contribution in [0.4, 0.5) is 0 Å². The molecule has 0 radical (unpaired) electrons. The molecule has 0 unspecified atom stereocenters. The lowest BCUT2D eigenvalue weighted by Gasteiger charge is -2.02. The van der Waals surface area contributed by atoms with Crippen LogP contribution in [0.2, 0.25) is 0 Å². The minimum absolute atomic E-state index is 0.795. The van der Waals surface area contributed by atoms with Gasteiger partial charge in [0, 0.05) is 12.4 Å². The molecule has 60 valence electrons. The van der Waals surface area contributed by atoms with Crippen molar-refractivity contribution in [2.45, 2.75) is 26.7 Å². The summed E-state index contributed by atoms with van der Waals surface area (Å²) in [5.41, 5.74) is 1.40. The lowest BCUT2D eigenvalue weighted by molar-refractivity contribution is 0.586. The van der Waals surface area contributed by atoms with Gasteiger partial charge in [-0.05, 0) is 36.5 Å². The molecule has 0 saturated heterocycles. The minimum atomic E-state index is 0.795. The SMILES string of the molecule is CC(C)CCc1ccncc1. The van der Waals surface area contributed by atoms with E-state index < -0.39 is 0 Å². The summed E-state index contributed by atoms with van der Waals surface area (Å²) in [6.45, 7) is 4.50. The number of aryl methyl sites for hydroxylation is 1. The lowest BCUT2D eigenvalue weighted by Crippen LogP contribution is -1.91. The third kappa shape index (κ3) is 3.17. The van der Waals surface area contributed by atoms with Crippen LogP contribution >= 0.6 is 0 Å². The Morgan fingerprint density at radius 1 is 1.27 bits per heavy atom. The van der Waals surface area contributed by atoms with E-state index in [2.05, 4.69) is 31.0 Å². The van der Waals surface area contributed by atoms with Gasteiger partial charge in [0.15, 0.2) is 0 Å². The Morgan fingerprint density at radius 3 is 2.45 bits per heavy atom. The van der Waals surface area contributed by atoms with Crippen molar-refractivity contribution in [3.05, 3.63) is 30.1 Å². The molecule has 0 fully saturated rings. The highest BCUT2D eigenvalue weighted by Gasteiger charge is 1.94. The molecular weight excluding hydrogens is 134 g/mol. The summed E-state index contributed by atoms with van der Waals surface area (Å²) < 4.78 is 0. The standard InChI is InChI=1S/C10H15N/c1-9(2)3-4-10-5-7-11-8-6-10/h5-9H,3-4H2,1-2H3. The monoisotopic (exact) mass is 149 g/mol. The Labute approximate surface area is 68.5 Å². The van der Waals surface area contributed by atoms with E-state index in [1.54, 1.807) is 0 Å². The van der Waals surface area contributed by atoms with Crippen LogP contribution in [0.15, 0.2) is 24.5 Å². The quantitative estimate of drug-likeness (QED) is 0.644. The van der Waals surface area contributed by atoms with Gasteiger partial charge in [0.25, 0.3) is 0 Å². The van der Waals surface area contributed by atoms with Crippen LogP contribution in [0, 0.1) is 5.92 Å². The molecular formula is C10H15N. The third-order valence-electron chi connectivity index (χ3n) is 1.76. The van der Waals surface area contributed by atoms with Crippen LogP contribution in [0.5, 0.6) is 0 Å². The maximum absolute atomic E-state index is 3.97. The zero-order valence-corrected chi connectivity index (χ0v) is 7.25. The first-order chi connectivity index (χ1) is 5.29. The topological polar surface area (TPSA) is 12.9 Å². The number of hydrogen-bond acceptors (Lipinski definition) is 1. The first-order valence-electron chi connectivity index (χ1n) is 4.18. The molecule has 0 amide bonds. The second-order valence-corrected chi connectivity index (χ2v) is 3.29. The fourth-order valence-corrected chi connectivity index (χ4v) is 1.00. The first-order valence-corrected chi connectivity index (χ1v) is 4.18. The minimum Gasteiger partial charge on any atom is -0.265 e. The Morgan fingerprint density at radius 2 is 1.91 bits per heavy atom. The Hall–Kier alpha value is -0.850. The molecule has 1 heterocycles. The van der Waals surface area contributed by atoms with Crippen molar-refractivity contribution in [3.63, 3.8) is 0 Å². The molecule has 1 nitrogen and oxygen atoms in total. The smallest absolute Gasteiger partial charge is 0.0270 e. The fourth-order valence-electron chi connectivity index (χ4n) is 1.00. The highest BCUT2D eigenvalue weighted by molar-refractivity contribution is 5.09. The highest BCUT2D eigenvalue weighted by atomic mass is 14.6. The fraction of sp³-hybridized carbons (Fsp3) is 0.500. The molecule has 1 rings (SSSR count). The molecule has 1 aromatic rings. The molecule has 0 aliphatic rings. The number of aromatic nitrogens is 1. The maximum Gasteiger partial charge on any atom is 0.0270 e. The van der Waals surface area contributed by atoms with Gasteiger partial charge in [-0.2, -0.15) is 0 Å². The molecule has 1 heteroatoms. The maximum atomic E-state index is 3.97. The molecule has 0 N–H and O–H groups in total. The summed E-state index contributed by atoms with van der Waals surface area (Å²) in [5, 5.41) is 0. The molecule has 0 saturated carbocycles. The van der Waals surface area contributed by atoms with Gasteiger partial charge < -0.3 is 0 Å². The summed E-state index contributed by atoms with van der Waals surface area (Å²) in [7, 11) is 0. The highest BCUT2D eigenvalue weighted by Crippen LogP contribution is 2.06. The average Bonchev–Trinajstić information content (AvgIpc) is 2.03. The normalized spacial score (nSPS) is 10.5. The van der Waals surface area contributed by atoms with E-state index in [4.69, 9.17) is 0 Å². The number of hydrogen-bond donors (Lipinski definition) is 0. The number of rotatable bonds is 3. The second-order valence-electron chi connectivity index (χ2n) is 3.29. The van der Waals surface area contributed by atoms with Crippen molar-refractivity contribution in [1.29, 1.82) is 0 Å². The van der Waals surface area contributed by atoms with Crippen molar-refractivity contribution in [2.24, 2.45) is 5.92 Å². The van der Waals surface area contributed by atoms with E-state index >= 15 is 0 Å². The van der Waals surface area contributed by atoms with Crippen LogP contribution in [0.25, 0.3) is 0 Å². The van der Waals surface area contributed by atoms with Gasteiger partial charge in [0.1, 0.15) is 0 Å². The third-order valence-corrected chi connectivity index (χ3v) is 1.76. The lowest BCUT2D eigenvalue weighted by atomic mass is 10.0. The predicted molar refractivity (Wildman–Crippen MR) is 47.4 cm³/mol. The summed E-state index contributed by atoms with van der Waals surface area (Å²) in [4.78, 5) is 3.97. The Kier molecular flexibility index (Phi) is 3.09. The Bertz CT molecular complexity index is 191. The van der Waals surface area contributed by atoms with Crippen LogP contribution in [0.3, 0.4) is 0 Å². The molecule has 0 aliphatic heterocycles. The van der Waals surface area contributed by atoms with Crippen molar-refractivity contribution in [2.75, 3.05) is 0 Å². The van der Waals surface area contributed by atoms with Crippen molar-refractivity contribution >= 4 is 0 Å². The van der Waals surface area contributed by atoms with Gasteiger partial charge in [0.05, 0.1) is 0 Å². The molecule has 11 heavy (non-hydrogen) atoms. The van der Waals surface area contributed by atoms with E-state index in [0.717, 1.165) is 5.92 Å². The van der Waals surface area contributed by atoms with Gasteiger partial charge in [-0.1, -0.05) is 13.8 Å². The number of pyridine rings is 1. The molecule has 0 aliphatic carbocycles. The van der Waals surface area contributed by atoms with Crippen LogP contribution in [-0.4, -0.2) is 4.98 Å². The van der Waals surface area contributed by atoms with Gasteiger partial charge >= 0.3 is 0 Å². The van der Waals surface area contributed by atoms with Gasteiger partial charge in [0.2, 0.25) is 0 Å². The van der Waals surface area contributed by atoms with Crippen LogP contribution in [-0.2, 0) is 6.42 Å². The number of nitrogens with zero attached hydrogens (tertiary/aromatic N) is 1. The van der Waals surface area contributed by atoms with Crippen molar-refractivity contribution in [1.82, 2.24) is 4.98 Å². The summed E-state index contributed by atoms with van der Waals surface area (Å²) in [6, 6.07) is 4.17. The van der Waals surface area contributed by atoms with Crippen molar-refractivity contribution < 1.29 is 0 Å². The van der Waals surface area contributed by atoms with E-state index in [1.165, 1.54) is 18.4 Å². The zero-order valence-electron chi connectivity index (χ0n) is 7.25. The van der Waals surface area contributed by atoms with Gasteiger partial charge in [-0.15, -0.1) is 0 Å². The zero-order chi connectivity index (χ0) is 8.10. The molecule has 0 spiro atoms. The molecule has 0 bridgehead atoms. The van der Waals surface area contributed by atoms with E-state index in [1.807, 2.05) is 12.4 Å². The van der Waals surface area contributed by atoms with E-state index in [9.17, 15) is 0 Å². The van der Waals surface area contributed by atoms with Crippen LogP contribution < -0.4 is 0 Å². The summed E-state index contributed by atoms with van der Waals surface area (Å²) >= 11 is 0.